The molecule has 0 aliphatic heterocycles. The van der Waals surface area contributed by atoms with Crippen molar-refractivity contribution >= 4 is 25.0 Å². The first-order chi connectivity index (χ1) is 21.1. The van der Waals surface area contributed by atoms with E-state index < -0.39 is 25.0 Å². The van der Waals surface area contributed by atoms with Crippen molar-refractivity contribution in [2.75, 3.05) is 6.61 Å². The quantitative estimate of drug-likeness (QED) is 0.151. The Kier molecular flexibility index (Phi) is 13.0. The lowest BCUT2D eigenvalue weighted by Crippen LogP contribution is -2.49. The van der Waals surface area contributed by atoms with Crippen LogP contribution in [0.3, 0.4) is 0 Å². The van der Waals surface area contributed by atoms with Crippen molar-refractivity contribution in [3.63, 3.8) is 0 Å². The van der Waals surface area contributed by atoms with E-state index >= 15 is 0 Å². The van der Waals surface area contributed by atoms with Gasteiger partial charge >= 0.3 is 0 Å². The molecule has 3 aliphatic carbocycles. The highest BCUT2D eigenvalue weighted by molar-refractivity contribution is 6.74. The number of fused-ring (bicyclic) bond motifs is 1. The van der Waals surface area contributed by atoms with E-state index in [0.29, 0.717) is 17.3 Å². The summed E-state index contributed by atoms with van der Waals surface area (Å²) < 4.78 is 21.1. The zero-order valence-electron chi connectivity index (χ0n) is 33.3. The molecule has 0 N–H and O–H groups in total. The molecule has 0 aromatic rings. The maximum absolute atomic E-state index is 7.11. The van der Waals surface area contributed by atoms with Crippen LogP contribution in [-0.4, -0.2) is 43.8 Å². The zero-order valence-corrected chi connectivity index (χ0v) is 36.3. The first-order valence-corrected chi connectivity index (χ1v) is 27.5. The summed E-state index contributed by atoms with van der Waals surface area (Å²) in [5.41, 5.74) is 4.74. The van der Waals surface area contributed by atoms with Gasteiger partial charge in [0.05, 0.1) is 12.2 Å². The summed E-state index contributed by atoms with van der Waals surface area (Å²) in [6, 6.07) is 3.74. The predicted molar refractivity (Wildman–Crippen MR) is 209 cm³/mol. The second-order valence-corrected chi connectivity index (χ2v) is 33.2. The Bertz CT molecular complexity index is 1050. The largest absolute Gasteiger partial charge is 0.417 e. The lowest BCUT2D eigenvalue weighted by Gasteiger charge is -2.46. The van der Waals surface area contributed by atoms with Gasteiger partial charge in [0.1, 0.15) is 0 Å². The summed E-state index contributed by atoms with van der Waals surface area (Å²) in [4.78, 5) is 0. The Balaban J connectivity index is 1.86. The standard InChI is InChI=1S/C40H76O3Si3/c1-17-46(18-2,19-3)41-29-30(4)34-24-25-35-33(21-20-26-40(34,35)12)23-22-32-27-36(42-44(13,14)38(6,7)8)31(5)37(28-32)43-45(15,16)39(9,10)11/h22-23,30,34-37H,5,17-21,24-29H2,1-4,6-16H3/t30-,34?,35?,36-,37+,40-/m1/s1. The van der Waals surface area contributed by atoms with Crippen molar-refractivity contribution in [1.29, 1.82) is 0 Å². The van der Waals surface area contributed by atoms with Crippen LogP contribution in [0, 0.1) is 23.2 Å². The molecule has 2 unspecified atom stereocenters. The van der Waals surface area contributed by atoms with Crippen LogP contribution < -0.4 is 0 Å². The lowest BCUT2D eigenvalue weighted by molar-refractivity contribution is 0.0721. The highest BCUT2D eigenvalue weighted by Crippen LogP contribution is 2.59. The van der Waals surface area contributed by atoms with E-state index in [-0.39, 0.29) is 22.3 Å². The summed E-state index contributed by atoms with van der Waals surface area (Å²) in [6.45, 7) is 41.4. The van der Waals surface area contributed by atoms with Gasteiger partial charge in [0.15, 0.2) is 25.0 Å². The van der Waals surface area contributed by atoms with Crippen LogP contribution in [0.4, 0.5) is 0 Å². The monoisotopic (exact) mass is 689 g/mol. The summed E-state index contributed by atoms with van der Waals surface area (Å²) in [7, 11) is -5.50. The van der Waals surface area contributed by atoms with Gasteiger partial charge in [0, 0.05) is 6.61 Å². The number of hydrogen-bond acceptors (Lipinski definition) is 3. The predicted octanol–water partition coefficient (Wildman–Crippen LogP) is 12.8. The van der Waals surface area contributed by atoms with Crippen molar-refractivity contribution in [3.8, 4) is 0 Å². The molecule has 6 atom stereocenters. The molecular formula is C40H76O3Si3. The summed E-state index contributed by atoms with van der Waals surface area (Å²) in [6.07, 6.45) is 13.6. The van der Waals surface area contributed by atoms with E-state index in [0.717, 1.165) is 25.4 Å². The van der Waals surface area contributed by atoms with Crippen LogP contribution in [0.25, 0.3) is 0 Å². The lowest BCUT2D eigenvalue weighted by atomic mass is 9.61. The van der Waals surface area contributed by atoms with Gasteiger partial charge in [-0.2, -0.15) is 0 Å². The van der Waals surface area contributed by atoms with E-state index in [1.54, 1.807) is 5.57 Å². The van der Waals surface area contributed by atoms with Crippen LogP contribution >= 0.6 is 0 Å². The summed E-state index contributed by atoms with van der Waals surface area (Å²) in [5, 5.41) is 0.320. The van der Waals surface area contributed by atoms with Crippen LogP contribution in [0.1, 0.15) is 121 Å². The fraction of sp³-hybridized carbons (Fsp3) is 0.850. The van der Waals surface area contributed by atoms with Gasteiger partial charge in [-0.05, 0) is 128 Å². The van der Waals surface area contributed by atoms with Gasteiger partial charge < -0.3 is 13.3 Å². The smallest absolute Gasteiger partial charge is 0.192 e. The molecule has 0 radical (unpaired) electrons. The Morgan fingerprint density at radius 3 is 1.80 bits per heavy atom. The first-order valence-electron chi connectivity index (χ1n) is 19.1. The maximum Gasteiger partial charge on any atom is 0.192 e. The van der Waals surface area contributed by atoms with Crippen molar-refractivity contribution in [2.45, 2.75) is 188 Å². The summed E-state index contributed by atoms with van der Waals surface area (Å²) in [5.74, 6) is 2.09. The fourth-order valence-electron chi connectivity index (χ4n) is 8.38. The Morgan fingerprint density at radius 2 is 1.35 bits per heavy atom. The minimum atomic E-state index is -1.97. The number of rotatable bonds is 12. The minimum Gasteiger partial charge on any atom is -0.417 e. The molecule has 0 amide bonds. The number of allylic oxidation sites excluding steroid dienone is 3. The molecule has 3 saturated carbocycles. The van der Waals surface area contributed by atoms with Crippen LogP contribution in [0.5, 0.6) is 0 Å². The Hall–Kier alpha value is -0.249. The third kappa shape index (κ3) is 8.72. The van der Waals surface area contributed by atoms with Crippen molar-refractivity contribution in [3.05, 3.63) is 35.5 Å². The molecule has 3 rings (SSSR count). The minimum absolute atomic E-state index is 0.0347. The van der Waals surface area contributed by atoms with E-state index in [2.05, 4.69) is 121 Å². The number of hydrogen-bond donors (Lipinski definition) is 0. The molecule has 266 valence electrons. The molecular weight excluding hydrogens is 613 g/mol. The Labute approximate surface area is 290 Å². The van der Waals surface area contributed by atoms with Crippen molar-refractivity contribution in [1.82, 2.24) is 0 Å². The van der Waals surface area contributed by atoms with Gasteiger partial charge in [-0.25, -0.2) is 0 Å². The normalized spacial score (nSPS) is 31.1. The van der Waals surface area contributed by atoms with E-state index in [4.69, 9.17) is 13.3 Å². The molecule has 0 aromatic heterocycles. The third-order valence-corrected chi connectivity index (χ3v) is 27.7. The molecule has 46 heavy (non-hydrogen) atoms. The van der Waals surface area contributed by atoms with Crippen molar-refractivity contribution < 1.29 is 13.3 Å². The molecule has 0 aromatic carbocycles. The Morgan fingerprint density at radius 1 is 0.848 bits per heavy atom. The van der Waals surface area contributed by atoms with Gasteiger partial charge in [0.25, 0.3) is 0 Å². The average Bonchev–Trinajstić information content (AvgIpc) is 3.31. The SMILES string of the molecule is C=C1[C@@H](O[Si](C)(C)C(C)(C)C)CC(=CC=C2CCC[C@@]3(C)C2CCC3[C@H](C)CO[Si](CC)(CC)CC)C[C@H]1O[Si](C)(C)C(C)(C)C. The van der Waals surface area contributed by atoms with Crippen LogP contribution in [0.15, 0.2) is 35.5 Å². The van der Waals surface area contributed by atoms with E-state index in [1.807, 2.05) is 0 Å². The molecule has 0 saturated heterocycles. The van der Waals surface area contributed by atoms with Gasteiger partial charge in [-0.3, -0.25) is 0 Å². The molecule has 3 aliphatic rings. The molecule has 3 fully saturated rings. The molecule has 0 heterocycles. The second-order valence-electron chi connectivity index (χ2n) is 18.9. The third-order valence-electron chi connectivity index (χ3n) is 14.1. The molecule has 3 nitrogen and oxygen atoms in total. The molecule has 6 heteroatoms. The second kappa shape index (κ2) is 14.9. The highest BCUT2D eigenvalue weighted by Gasteiger charge is 2.51. The molecule has 0 bridgehead atoms. The van der Waals surface area contributed by atoms with Crippen molar-refractivity contribution in [2.24, 2.45) is 23.2 Å². The fourth-order valence-corrected chi connectivity index (χ4v) is 13.7. The topological polar surface area (TPSA) is 27.7 Å². The molecule has 0 spiro atoms. The highest BCUT2D eigenvalue weighted by atomic mass is 28.4. The average molecular weight is 689 g/mol. The summed E-state index contributed by atoms with van der Waals surface area (Å²) >= 11 is 0. The zero-order chi connectivity index (χ0) is 34.9. The van der Waals surface area contributed by atoms with Gasteiger partial charge in [-0.1, -0.05) is 106 Å². The van der Waals surface area contributed by atoms with Gasteiger partial charge in [-0.15, -0.1) is 0 Å². The van der Waals surface area contributed by atoms with Crippen LogP contribution in [-0.2, 0) is 13.3 Å². The first kappa shape index (κ1) is 40.2. The van der Waals surface area contributed by atoms with E-state index in [9.17, 15) is 0 Å². The van der Waals surface area contributed by atoms with Crippen LogP contribution in [0.2, 0.25) is 54.4 Å². The van der Waals surface area contributed by atoms with E-state index in [1.165, 1.54) is 61.4 Å². The maximum atomic E-state index is 7.11. The van der Waals surface area contributed by atoms with Gasteiger partial charge in [0.2, 0.25) is 0 Å².